The standard InChI is InChI=1S/C7H11FO5/c8-2-1-4(10)6(12)7(13)5(11)3-9/h1-7,10-13H/t4-,5+,6+,7-/m1/s1. The van der Waals surface area contributed by atoms with Gasteiger partial charge in [-0.15, -0.1) is 0 Å². The van der Waals surface area contributed by atoms with E-state index in [0.717, 1.165) is 0 Å². The van der Waals surface area contributed by atoms with Gasteiger partial charge in [-0.3, -0.25) is 0 Å². The van der Waals surface area contributed by atoms with Gasteiger partial charge in [-0.25, -0.2) is 4.39 Å². The lowest BCUT2D eigenvalue weighted by Crippen LogP contribution is -2.44. The molecule has 0 unspecified atom stereocenters. The molecule has 76 valence electrons. The second kappa shape index (κ2) is 5.76. The molecule has 6 heteroatoms. The maximum atomic E-state index is 11.5. The van der Waals surface area contributed by atoms with E-state index >= 15 is 0 Å². The van der Waals surface area contributed by atoms with Crippen molar-refractivity contribution in [3.05, 3.63) is 12.4 Å². The minimum absolute atomic E-state index is 0.000231. The Morgan fingerprint density at radius 2 is 1.46 bits per heavy atom. The van der Waals surface area contributed by atoms with Crippen LogP contribution in [0.3, 0.4) is 0 Å². The lowest BCUT2D eigenvalue weighted by Gasteiger charge is -2.21. The molecule has 4 N–H and O–H groups in total. The molecule has 0 aromatic carbocycles. The van der Waals surface area contributed by atoms with Gasteiger partial charge in [-0.2, -0.15) is 0 Å². The molecule has 0 aliphatic heterocycles. The molecule has 0 aromatic rings. The highest BCUT2D eigenvalue weighted by molar-refractivity contribution is 5.56. The van der Waals surface area contributed by atoms with Gasteiger partial charge in [0.05, 0.1) is 6.33 Å². The molecule has 0 bridgehead atoms. The molecule has 0 amide bonds. The van der Waals surface area contributed by atoms with Crippen LogP contribution in [-0.2, 0) is 4.79 Å². The Hall–Kier alpha value is -0.820. The van der Waals surface area contributed by atoms with Gasteiger partial charge < -0.3 is 25.2 Å². The first-order chi connectivity index (χ1) is 6.04. The van der Waals surface area contributed by atoms with Crippen molar-refractivity contribution in [1.29, 1.82) is 0 Å². The van der Waals surface area contributed by atoms with Crippen LogP contribution in [-0.4, -0.2) is 51.1 Å². The molecule has 0 rings (SSSR count). The third-order valence-electron chi connectivity index (χ3n) is 1.46. The Morgan fingerprint density at radius 1 is 1.00 bits per heavy atom. The van der Waals surface area contributed by atoms with Crippen LogP contribution in [0.1, 0.15) is 0 Å². The summed E-state index contributed by atoms with van der Waals surface area (Å²) in [5.41, 5.74) is 0. The zero-order valence-electron chi connectivity index (χ0n) is 6.62. The van der Waals surface area contributed by atoms with Crippen molar-refractivity contribution in [2.45, 2.75) is 24.4 Å². The molecule has 5 nitrogen and oxygen atoms in total. The molecule has 0 aliphatic carbocycles. The second-order valence-electron chi connectivity index (χ2n) is 2.42. The average Bonchev–Trinajstić information content (AvgIpc) is 2.14. The van der Waals surface area contributed by atoms with Gasteiger partial charge in [-0.05, 0) is 6.08 Å². The largest absolute Gasteiger partial charge is 0.387 e. The van der Waals surface area contributed by atoms with E-state index < -0.39 is 24.4 Å². The van der Waals surface area contributed by atoms with Crippen molar-refractivity contribution in [3.63, 3.8) is 0 Å². The second-order valence-corrected chi connectivity index (χ2v) is 2.42. The third-order valence-corrected chi connectivity index (χ3v) is 1.46. The summed E-state index contributed by atoms with van der Waals surface area (Å²) in [6, 6.07) is 0. The van der Waals surface area contributed by atoms with E-state index in [-0.39, 0.29) is 12.6 Å². The van der Waals surface area contributed by atoms with E-state index in [2.05, 4.69) is 0 Å². The van der Waals surface area contributed by atoms with Crippen molar-refractivity contribution in [3.8, 4) is 0 Å². The molecule has 13 heavy (non-hydrogen) atoms. The molecule has 0 heterocycles. The van der Waals surface area contributed by atoms with Crippen LogP contribution in [0, 0.1) is 0 Å². The predicted molar refractivity (Wildman–Crippen MR) is 40.3 cm³/mol. The molecular formula is C7H11FO5. The molecule has 0 spiro atoms. The first-order valence-electron chi connectivity index (χ1n) is 3.49. The van der Waals surface area contributed by atoms with Crippen LogP contribution in [0.4, 0.5) is 4.39 Å². The van der Waals surface area contributed by atoms with Crippen molar-refractivity contribution in [2.24, 2.45) is 0 Å². The summed E-state index contributed by atoms with van der Waals surface area (Å²) in [6.45, 7) is 0. The van der Waals surface area contributed by atoms with E-state index in [1.807, 2.05) is 0 Å². The number of halogens is 1. The van der Waals surface area contributed by atoms with Crippen LogP contribution in [0.25, 0.3) is 0 Å². The Labute approximate surface area is 73.7 Å². The number of rotatable bonds is 5. The summed E-state index contributed by atoms with van der Waals surface area (Å²) in [6.07, 6.45) is -6.58. The Morgan fingerprint density at radius 3 is 1.85 bits per heavy atom. The summed E-state index contributed by atoms with van der Waals surface area (Å²) in [7, 11) is 0. The summed E-state index contributed by atoms with van der Waals surface area (Å²) in [5, 5.41) is 35.5. The van der Waals surface area contributed by atoms with Crippen molar-refractivity contribution in [2.75, 3.05) is 0 Å². The minimum atomic E-state index is -1.84. The number of carbonyl (C=O) groups is 1. The average molecular weight is 194 g/mol. The highest BCUT2D eigenvalue weighted by Crippen LogP contribution is 2.05. The van der Waals surface area contributed by atoms with Crippen LogP contribution in [0.15, 0.2) is 12.4 Å². The van der Waals surface area contributed by atoms with Crippen molar-refractivity contribution >= 4 is 6.29 Å². The van der Waals surface area contributed by atoms with Crippen LogP contribution in [0.2, 0.25) is 0 Å². The summed E-state index contributed by atoms with van der Waals surface area (Å²) in [4.78, 5) is 9.94. The normalized spacial score (nSPS) is 21.0. The topological polar surface area (TPSA) is 98.0 Å². The number of hydrogen-bond donors (Lipinski definition) is 4. The molecule has 0 saturated carbocycles. The molecular weight excluding hydrogens is 183 g/mol. The van der Waals surface area contributed by atoms with E-state index in [0.29, 0.717) is 6.08 Å². The van der Waals surface area contributed by atoms with Gasteiger partial charge >= 0.3 is 0 Å². The number of aldehydes is 1. The number of aliphatic hydroxyl groups is 4. The van der Waals surface area contributed by atoms with Crippen LogP contribution >= 0.6 is 0 Å². The zero-order valence-corrected chi connectivity index (χ0v) is 6.62. The fraction of sp³-hybridized carbons (Fsp3) is 0.571. The van der Waals surface area contributed by atoms with E-state index in [4.69, 9.17) is 20.4 Å². The summed E-state index contributed by atoms with van der Waals surface area (Å²) < 4.78 is 11.5. The monoisotopic (exact) mass is 194 g/mol. The highest BCUT2D eigenvalue weighted by Gasteiger charge is 2.28. The first-order valence-corrected chi connectivity index (χ1v) is 3.49. The lowest BCUT2D eigenvalue weighted by atomic mass is 10.0. The maximum absolute atomic E-state index is 11.5. The van der Waals surface area contributed by atoms with Gasteiger partial charge in [-0.1, -0.05) is 0 Å². The van der Waals surface area contributed by atoms with E-state index in [9.17, 15) is 9.18 Å². The van der Waals surface area contributed by atoms with Crippen LogP contribution < -0.4 is 0 Å². The lowest BCUT2D eigenvalue weighted by molar-refractivity contribution is -0.130. The fourth-order valence-electron chi connectivity index (χ4n) is 0.673. The SMILES string of the molecule is O=C[C@H](O)[C@@H](O)[C@@H](O)[C@H](O)C=CF. The predicted octanol–water partition coefficient (Wildman–Crippen LogP) is -1.89. The fourth-order valence-corrected chi connectivity index (χ4v) is 0.673. The van der Waals surface area contributed by atoms with E-state index in [1.165, 1.54) is 0 Å². The quantitative estimate of drug-likeness (QED) is 0.384. The number of aliphatic hydroxyl groups excluding tert-OH is 4. The van der Waals surface area contributed by atoms with Gasteiger partial charge in [0, 0.05) is 0 Å². The maximum Gasteiger partial charge on any atom is 0.151 e. The Kier molecular flexibility index (Phi) is 5.40. The molecule has 4 atom stereocenters. The molecule has 0 aromatic heterocycles. The number of carbonyl (C=O) groups excluding carboxylic acids is 1. The van der Waals surface area contributed by atoms with Crippen molar-refractivity contribution < 1.29 is 29.6 Å². The summed E-state index contributed by atoms with van der Waals surface area (Å²) >= 11 is 0. The van der Waals surface area contributed by atoms with Crippen LogP contribution in [0.5, 0.6) is 0 Å². The molecule has 0 radical (unpaired) electrons. The minimum Gasteiger partial charge on any atom is -0.387 e. The third kappa shape index (κ3) is 3.60. The smallest absolute Gasteiger partial charge is 0.151 e. The zero-order chi connectivity index (χ0) is 10.4. The molecule has 0 saturated heterocycles. The van der Waals surface area contributed by atoms with Gasteiger partial charge in [0.2, 0.25) is 0 Å². The highest BCUT2D eigenvalue weighted by atomic mass is 19.1. The molecule has 0 aliphatic rings. The van der Waals surface area contributed by atoms with Gasteiger partial charge in [0.25, 0.3) is 0 Å². The molecule has 0 fully saturated rings. The van der Waals surface area contributed by atoms with Gasteiger partial charge in [0.15, 0.2) is 6.29 Å². The number of hydrogen-bond acceptors (Lipinski definition) is 5. The first kappa shape index (κ1) is 12.2. The Bertz CT molecular complexity index is 184. The Balaban J connectivity index is 4.23. The van der Waals surface area contributed by atoms with Gasteiger partial charge in [0.1, 0.15) is 24.4 Å². The van der Waals surface area contributed by atoms with E-state index in [1.54, 1.807) is 0 Å². The van der Waals surface area contributed by atoms with Crippen molar-refractivity contribution in [1.82, 2.24) is 0 Å². The summed E-state index contributed by atoms with van der Waals surface area (Å²) in [5.74, 6) is 0.